The van der Waals surface area contributed by atoms with Gasteiger partial charge in [0.15, 0.2) is 0 Å². The zero-order valence-electron chi connectivity index (χ0n) is 20.7. The molecule has 0 spiro atoms. The molecule has 1 fully saturated rings. The smallest absolute Gasteiger partial charge is 0.309 e. The molecule has 0 aromatic heterocycles. The molecule has 7 nitrogen and oxygen atoms in total. The number of nitrogens with zero attached hydrogens (tertiary/aromatic N) is 3. The quantitative estimate of drug-likeness (QED) is 0.357. The summed E-state index contributed by atoms with van der Waals surface area (Å²) >= 11 is 0. The zero-order chi connectivity index (χ0) is 24.6. The SMILES string of the molecule is CCCCCOc1ccc(N=C2C(=O)N(CN3CCC(C(=O)OCC)CC3)c3ccccc32)cc1. The van der Waals surface area contributed by atoms with Crippen LogP contribution >= 0.6 is 0 Å². The van der Waals surface area contributed by atoms with Gasteiger partial charge in [0, 0.05) is 18.7 Å². The Hall–Kier alpha value is -3.19. The highest BCUT2D eigenvalue weighted by Gasteiger charge is 2.36. The first-order chi connectivity index (χ1) is 17.1. The van der Waals surface area contributed by atoms with Crippen LogP contribution in [0.2, 0.25) is 0 Å². The van der Waals surface area contributed by atoms with E-state index in [1.54, 1.807) is 4.90 Å². The Labute approximate surface area is 207 Å². The van der Waals surface area contributed by atoms with E-state index in [0.29, 0.717) is 25.6 Å². The molecule has 0 saturated carbocycles. The lowest BCUT2D eigenvalue weighted by molar-refractivity contribution is -0.149. The Morgan fingerprint density at radius 1 is 1.03 bits per heavy atom. The van der Waals surface area contributed by atoms with E-state index in [4.69, 9.17) is 14.5 Å². The van der Waals surface area contributed by atoms with Crippen molar-refractivity contribution in [3.8, 4) is 5.75 Å². The zero-order valence-corrected chi connectivity index (χ0v) is 20.7. The van der Waals surface area contributed by atoms with Crippen molar-refractivity contribution < 1.29 is 19.1 Å². The molecule has 0 unspecified atom stereocenters. The molecule has 0 N–H and O–H groups in total. The van der Waals surface area contributed by atoms with Gasteiger partial charge in [-0.15, -0.1) is 0 Å². The van der Waals surface area contributed by atoms with Gasteiger partial charge in [-0.1, -0.05) is 38.0 Å². The molecule has 0 aliphatic carbocycles. The fourth-order valence-corrected chi connectivity index (χ4v) is 4.57. The van der Waals surface area contributed by atoms with Gasteiger partial charge < -0.3 is 9.47 Å². The monoisotopic (exact) mass is 477 g/mol. The lowest BCUT2D eigenvalue weighted by Crippen LogP contribution is -2.45. The summed E-state index contributed by atoms with van der Waals surface area (Å²) in [6.45, 7) is 7.11. The van der Waals surface area contributed by atoms with Gasteiger partial charge in [-0.25, -0.2) is 4.99 Å². The van der Waals surface area contributed by atoms with Gasteiger partial charge in [-0.05, 0) is 56.5 Å². The van der Waals surface area contributed by atoms with E-state index in [2.05, 4.69) is 11.8 Å². The van der Waals surface area contributed by atoms with E-state index in [0.717, 1.165) is 67.9 Å². The summed E-state index contributed by atoms with van der Waals surface area (Å²) < 4.78 is 11.0. The standard InChI is InChI=1S/C28H35N3O4/c1-3-5-8-19-35-23-13-11-22(12-14-23)29-26-24-9-6-7-10-25(24)31(27(26)32)20-30-17-15-21(16-18-30)28(33)34-4-2/h6-7,9-14,21H,3-5,8,15-20H2,1-2H3. The number of likely N-dealkylation sites (tertiary alicyclic amines) is 1. The van der Waals surface area contributed by atoms with Gasteiger partial charge >= 0.3 is 5.97 Å². The second-order valence-electron chi connectivity index (χ2n) is 9.05. The van der Waals surface area contributed by atoms with E-state index in [1.807, 2.05) is 55.5 Å². The maximum absolute atomic E-state index is 13.4. The van der Waals surface area contributed by atoms with Crippen LogP contribution in [0.25, 0.3) is 0 Å². The lowest BCUT2D eigenvalue weighted by Gasteiger charge is -2.33. The maximum Gasteiger partial charge on any atom is 0.309 e. The van der Waals surface area contributed by atoms with Crippen LogP contribution in [0.15, 0.2) is 53.5 Å². The number of piperidine rings is 1. The van der Waals surface area contributed by atoms with Gasteiger partial charge in [-0.2, -0.15) is 0 Å². The lowest BCUT2D eigenvalue weighted by atomic mass is 9.97. The molecule has 2 heterocycles. The summed E-state index contributed by atoms with van der Waals surface area (Å²) in [5.74, 6) is 0.555. The van der Waals surface area contributed by atoms with Crippen LogP contribution in [-0.2, 0) is 14.3 Å². The van der Waals surface area contributed by atoms with Crippen LogP contribution in [0, 0.1) is 5.92 Å². The van der Waals surface area contributed by atoms with Gasteiger partial charge in [0.1, 0.15) is 11.5 Å². The molecule has 1 amide bonds. The fourth-order valence-electron chi connectivity index (χ4n) is 4.57. The molecule has 0 bridgehead atoms. The number of para-hydroxylation sites is 1. The van der Waals surface area contributed by atoms with Gasteiger partial charge in [-0.3, -0.25) is 19.4 Å². The summed E-state index contributed by atoms with van der Waals surface area (Å²) in [4.78, 5) is 34.2. The summed E-state index contributed by atoms with van der Waals surface area (Å²) in [5.41, 5.74) is 2.90. The number of hydrogen-bond acceptors (Lipinski definition) is 6. The summed E-state index contributed by atoms with van der Waals surface area (Å²) in [5, 5.41) is 0. The first-order valence-corrected chi connectivity index (χ1v) is 12.7. The number of hydrogen-bond donors (Lipinski definition) is 0. The third-order valence-electron chi connectivity index (χ3n) is 6.54. The van der Waals surface area contributed by atoms with Crippen molar-refractivity contribution in [2.24, 2.45) is 10.9 Å². The number of carbonyl (C=O) groups is 2. The number of carbonyl (C=O) groups excluding carboxylic acids is 2. The minimum atomic E-state index is -0.110. The maximum atomic E-state index is 13.4. The first-order valence-electron chi connectivity index (χ1n) is 12.7. The van der Waals surface area contributed by atoms with Crippen molar-refractivity contribution in [1.29, 1.82) is 0 Å². The number of rotatable bonds is 10. The minimum absolute atomic E-state index is 0.0523. The predicted molar refractivity (Wildman–Crippen MR) is 137 cm³/mol. The molecular weight excluding hydrogens is 442 g/mol. The molecule has 0 atom stereocenters. The van der Waals surface area contributed by atoms with Gasteiger partial charge in [0.05, 0.1) is 37.2 Å². The molecule has 4 rings (SSSR count). The first kappa shape index (κ1) is 24.9. The van der Waals surface area contributed by atoms with Crippen LogP contribution in [0.5, 0.6) is 5.75 Å². The van der Waals surface area contributed by atoms with Crippen LogP contribution in [0.4, 0.5) is 11.4 Å². The van der Waals surface area contributed by atoms with Crippen molar-refractivity contribution in [2.75, 3.05) is 37.9 Å². The van der Waals surface area contributed by atoms with Crippen molar-refractivity contribution in [3.63, 3.8) is 0 Å². The average Bonchev–Trinajstić information content (AvgIpc) is 3.14. The summed E-state index contributed by atoms with van der Waals surface area (Å²) in [6, 6.07) is 15.4. The van der Waals surface area contributed by atoms with Crippen molar-refractivity contribution in [2.45, 2.75) is 46.0 Å². The normalized spacial score (nSPS) is 17.6. The van der Waals surface area contributed by atoms with Crippen LogP contribution < -0.4 is 9.64 Å². The Balaban J connectivity index is 1.43. The minimum Gasteiger partial charge on any atom is -0.494 e. The fraction of sp³-hybridized carbons (Fsp3) is 0.464. The van der Waals surface area contributed by atoms with Gasteiger partial charge in [0.2, 0.25) is 0 Å². The second-order valence-corrected chi connectivity index (χ2v) is 9.05. The van der Waals surface area contributed by atoms with Crippen LogP contribution in [-0.4, -0.2) is 55.5 Å². The van der Waals surface area contributed by atoms with E-state index in [-0.39, 0.29) is 17.8 Å². The van der Waals surface area contributed by atoms with Crippen molar-refractivity contribution in [3.05, 3.63) is 54.1 Å². The Kier molecular flexibility index (Phi) is 8.53. The number of amides is 1. The highest BCUT2D eigenvalue weighted by molar-refractivity contribution is 6.54. The summed E-state index contributed by atoms with van der Waals surface area (Å²) in [6.07, 6.45) is 4.86. The van der Waals surface area contributed by atoms with Crippen LogP contribution in [0.3, 0.4) is 0 Å². The number of ether oxygens (including phenoxy) is 2. The largest absolute Gasteiger partial charge is 0.494 e. The summed E-state index contributed by atoms with van der Waals surface area (Å²) in [7, 11) is 0. The number of benzene rings is 2. The Morgan fingerprint density at radius 3 is 2.49 bits per heavy atom. The molecule has 2 aromatic carbocycles. The predicted octanol–water partition coefficient (Wildman–Crippen LogP) is 4.96. The van der Waals surface area contributed by atoms with E-state index < -0.39 is 0 Å². The third kappa shape index (κ3) is 6.09. The molecule has 35 heavy (non-hydrogen) atoms. The van der Waals surface area contributed by atoms with E-state index in [9.17, 15) is 9.59 Å². The number of esters is 1. The van der Waals surface area contributed by atoms with Gasteiger partial charge in [0.25, 0.3) is 5.91 Å². The molecule has 2 aliphatic rings. The second kappa shape index (κ2) is 12.0. The highest BCUT2D eigenvalue weighted by Crippen LogP contribution is 2.32. The van der Waals surface area contributed by atoms with E-state index in [1.165, 1.54) is 0 Å². The number of unbranched alkanes of at least 4 members (excludes halogenated alkanes) is 2. The van der Waals surface area contributed by atoms with Crippen LogP contribution in [0.1, 0.15) is 51.5 Å². The molecule has 186 valence electrons. The molecule has 2 aliphatic heterocycles. The topological polar surface area (TPSA) is 71.4 Å². The number of aliphatic imine (C=N–C) groups is 1. The average molecular weight is 478 g/mol. The number of fused-ring (bicyclic) bond motifs is 1. The Bertz CT molecular complexity index is 1040. The third-order valence-corrected chi connectivity index (χ3v) is 6.54. The van der Waals surface area contributed by atoms with Crippen molar-refractivity contribution >= 4 is 29.0 Å². The molecule has 0 radical (unpaired) electrons. The van der Waals surface area contributed by atoms with Crippen molar-refractivity contribution in [1.82, 2.24) is 4.90 Å². The highest BCUT2D eigenvalue weighted by atomic mass is 16.5. The molecule has 7 heteroatoms. The Morgan fingerprint density at radius 2 is 1.77 bits per heavy atom. The molecule has 1 saturated heterocycles. The number of anilines is 1. The molecular formula is C28H35N3O4. The van der Waals surface area contributed by atoms with E-state index >= 15 is 0 Å². The molecule has 2 aromatic rings.